The Hall–Kier alpha value is -2.56. The predicted molar refractivity (Wildman–Crippen MR) is 63.8 cm³/mol. The minimum atomic E-state index is -0.625. The Bertz CT molecular complexity index is 661. The third-order valence-electron chi connectivity index (χ3n) is 1.99. The zero-order valence-electron chi connectivity index (χ0n) is 8.97. The van der Waals surface area contributed by atoms with Gasteiger partial charge in [-0.15, -0.1) is 0 Å². The molecule has 0 bridgehead atoms. The van der Waals surface area contributed by atoms with Crippen molar-refractivity contribution in [2.45, 2.75) is 0 Å². The average molecular weight is 257 g/mol. The molecule has 0 aliphatic carbocycles. The molecule has 1 aromatic carbocycles. The summed E-state index contributed by atoms with van der Waals surface area (Å²) in [6.45, 7) is 0. The van der Waals surface area contributed by atoms with Crippen LogP contribution in [0.4, 0.5) is 5.69 Å². The largest absolute Gasteiger partial charge is 0.412 e. The molecule has 10 heteroatoms. The highest BCUT2D eigenvalue weighted by Gasteiger charge is 2.09. The van der Waals surface area contributed by atoms with Gasteiger partial charge in [0, 0.05) is 12.1 Å². The number of fused-ring (bicyclic) bond motifs is 1. The van der Waals surface area contributed by atoms with Crippen molar-refractivity contribution in [1.29, 1.82) is 0 Å². The van der Waals surface area contributed by atoms with Gasteiger partial charge in [0.05, 0.1) is 15.7 Å². The summed E-state index contributed by atoms with van der Waals surface area (Å²) in [5.41, 5.74) is -1.27. The van der Waals surface area contributed by atoms with Gasteiger partial charge in [0.15, 0.2) is 0 Å². The number of nitro benzene ring substituents is 1. The van der Waals surface area contributed by atoms with E-state index in [4.69, 9.17) is 0 Å². The van der Waals surface area contributed by atoms with E-state index in [-0.39, 0.29) is 21.9 Å². The van der Waals surface area contributed by atoms with E-state index in [1.807, 2.05) is 0 Å². The number of aromatic nitrogens is 2. The van der Waals surface area contributed by atoms with Gasteiger partial charge < -0.3 is 5.48 Å². The summed E-state index contributed by atoms with van der Waals surface area (Å²) >= 11 is 0. The van der Waals surface area contributed by atoms with Gasteiger partial charge in [0.2, 0.25) is 0 Å². The van der Waals surface area contributed by atoms with E-state index in [0.717, 1.165) is 6.07 Å². The maximum Gasteiger partial charge on any atom is 0.270 e. The van der Waals surface area contributed by atoms with Gasteiger partial charge in [0.1, 0.15) is 0 Å². The quantitative estimate of drug-likeness (QED) is 0.262. The maximum absolute atomic E-state index is 11.3. The number of hydrazine groups is 1. The van der Waals surface area contributed by atoms with Crippen LogP contribution in [-0.4, -0.2) is 20.6 Å². The summed E-state index contributed by atoms with van der Waals surface area (Å²) in [6, 6.07) is 3.50. The van der Waals surface area contributed by atoms with Crippen LogP contribution in [0.25, 0.3) is 10.8 Å². The molecule has 18 heavy (non-hydrogen) atoms. The minimum absolute atomic E-state index is 0. The second-order valence-electron chi connectivity index (χ2n) is 2.90. The Morgan fingerprint density at radius 3 is 2.06 bits per heavy atom. The zero-order chi connectivity index (χ0) is 13.0. The summed E-state index contributed by atoms with van der Waals surface area (Å²) in [5, 5.41) is 14.8. The van der Waals surface area contributed by atoms with E-state index in [9.17, 15) is 19.7 Å². The number of hydrogen-bond donors (Lipinski definition) is 4. The lowest BCUT2D eigenvalue weighted by molar-refractivity contribution is -0.384. The molecule has 0 saturated carbocycles. The fourth-order valence-electron chi connectivity index (χ4n) is 1.28. The number of nitrogens with one attached hydrogen (secondary N) is 2. The monoisotopic (exact) mass is 257 g/mol. The first-order valence-electron chi connectivity index (χ1n) is 4.32. The van der Waals surface area contributed by atoms with Gasteiger partial charge in [-0.25, -0.2) is 0 Å². The first-order chi connectivity index (χ1) is 8.09. The fraction of sp³-hybridized carbons (Fsp3) is 0. The van der Waals surface area contributed by atoms with Crippen molar-refractivity contribution < 1.29 is 10.4 Å². The van der Waals surface area contributed by atoms with E-state index < -0.39 is 16.0 Å². The summed E-state index contributed by atoms with van der Waals surface area (Å²) in [4.78, 5) is 32.3. The fourth-order valence-corrected chi connectivity index (χ4v) is 1.28. The molecule has 98 valence electrons. The van der Waals surface area contributed by atoms with Crippen molar-refractivity contribution in [1.82, 2.24) is 10.2 Å². The van der Waals surface area contributed by atoms with Crippen LogP contribution in [0.3, 0.4) is 0 Å². The molecule has 10 nitrogen and oxygen atoms in total. The van der Waals surface area contributed by atoms with E-state index >= 15 is 0 Å². The first kappa shape index (κ1) is 15.4. The summed E-state index contributed by atoms with van der Waals surface area (Å²) < 4.78 is 0. The Labute approximate surface area is 98.6 Å². The number of nitro groups is 1. The molecule has 2 rings (SSSR count). The van der Waals surface area contributed by atoms with Crippen LogP contribution in [0.5, 0.6) is 0 Å². The lowest BCUT2D eigenvalue weighted by Gasteiger charge is -1.95. The number of benzene rings is 1. The molecule has 0 unspecified atom stereocenters. The summed E-state index contributed by atoms with van der Waals surface area (Å²) in [5.74, 6) is 8.00. The number of nitrogens with zero attached hydrogens (tertiary/aromatic N) is 1. The van der Waals surface area contributed by atoms with E-state index in [1.165, 1.54) is 12.1 Å². The van der Waals surface area contributed by atoms with Crippen LogP contribution in [0.2, 0.25) is 0 Å². The molecule has 1 aromatic heterocycles. The lowest BCUT2D eigenvalue weighted by Crippen LogP contribution is -2.18. The number of rotatable bonds is 1. The average Bonchev–Trinajstić information content (AvgIpc) is 2.36. The van der Waals surface area contributed by atoms with E-state index in [0.29, 0.717) is 0 Å². The highest BCUT2D eigenvalue weighted by Crippen LogP contribution is 2.14. The van der Waals surface area contributed by atoms with Gasteiger partial charge in [-0.3, -0.25) is 41.6 Å². The van der Waals surface area contributed by atoms with Crippen molar-refractivity contribution >= 4 is 16.5 Å². The van der Waals surface area contributed by atoms with Crippen molar-refractivity contribution in [3.63, 3.8) is 0 Å². The summed E-state index contributed by atoms with van der Waals surface area (Å²) in [7, 11) is 0. The van der Waals surface area contributed by atoms with Crippen LogP contribution in [0.1, 0.15) is 0 Å². The lowest BCUT2D eigenvalue weighted by atomic mass is 10.2. The second-order valence-corrected chi connectivity index (χ2v) is 2.90. The highest BCUT2D eigenvalue weighted by molar-refractivity contribution is 5.82. The predicted octanol–water partition coefficient (Wildman–Crippen LogP) is -1.88. The van der Waals surface area contributed by atoms with Crippen LogP contribution in [0.15, 0.2) is 27.8 Å². The molecule has 0 aliphatic heterocycles. The SMILES string of the molecule is NN.O.O=c1[nH][nH]c(=O)c2cc([N+](=O)[O-])ccc12. The smallest absolute Gasteiger partial charge is 0.270 e. The molecule has 0 spiro atoms. The molecular formula is C8H11N5O5. The van der Waals surface area contributed by atoms with Gasteiger partial charge in [-0.2, -0.15) is 0 Å². The number of aromatic amines is 2. The Morgan fingerprint density at radius 2 is 1.56 bits per heavy atom. The van der Waals surface area contributed by atoms with Gasteiger partial charge in [-0.1, -0.05) is 0 Å². The standard InChI is InChI=1S/C8H5N3O4.H4N2.H2O/c12-7-5-2-1-4(11(14)15)3-6(5)8(13)10-9-7;1-2;/h1-3H,(H,9,12)(H,10,13);1-2H2;1H2. The second kappa shape index (κ2) is 6.24. The Kier molecular flexibility index (Phi) is 5.36. The van der Waals surface area contributed by atoms with Crippen molar-refractivity contribution in [3.05, 3.63) is 49.0 Å². The molecule has 8 N–H and O–H groups in total. The van der Waals surface area contributed by atoms with Gasteiger partial charge >= 0.3 is 0 Å². The highest BCUT2D eigenvalue weighted by atomic mass is 16.6. The Morgan fingerprint density at radius 1 is 1.06 bits per heavy atom. The third-order valence-corrected chi connectivity index (χ3v) is 1.99. The zero-order valence-corrected chi connectivity index (χ0v) is 8.97. The van der Waals surface area contributed by atoms with Crippen molar-refractivity contribution in [2.75, 3.05) is 0 Å². The molecule has 1 heterocycles. The summed E-state index contributed by atoms with van der Waals surface area (Å²) in [6.07, 6.45) is 0. The third kappa shape index (κ3) is 2.76. The van der Waals surface area contributed by atoms with Crippen molar-refractivity contribution in [2.24, 2.45) is 11.7 Å². The number of hydrogen-bond acceptors (Lipinski definition) is 6. The van der Waals surface area contributed by atoms with E-state index in [1.54, 1.807) is 0 Å². The molecule has 0 fully saturated rings. The van der Waals surface area contributed by atoms with Gasteiger partial charge in [0.25, 0.3) is 16.8 Å². The first-order valence-corrected chi connectivity index (χ1v) is 4.32. The molecular weight excluding hydrogens is 246 g/mol. The molecule has 0 radical (unpaired) electrons. The molecule has 0 atom stereocenters. The van der Waals surface area contributed by atoms with Crippen LogP contribution >= 0.6 is 0 Å². The molecule has 0 saturated heterocycles. The molecule has 2 aromatic rings. The number of H-pyrrole nitrogens is 2. The topological polar surface area (TPSA) is 192 Å². The van der Waals surface area contributed by atoms with Gasteiger partial charge in [-0.05, 0) is 6.07 Å². The molecule has 0 aliphatic rings. The normalized spacial score (nSPS) is 9.00. The number of nitrogens with two attached hydrogens (primary N) is 2. The van der Waals surface area contributed by atoms with E-state index in [2.05, 4.69) is 21.9 Å². The van der Waals surface area contributed by atoms with Crippen molar-refractivity contribution in [3.8, 4) is 0 Å². The molecule has 0 amide bonds. The van der Waals surface area contributed by atoms with Crippen LogP contribution in [0, 0.1) is 10.1 Å². The van der Waals surface area contributed by atoms with Crippen LogP contribution in [-0.2, 0) is 0 Å². The maximum atomic E-state index is 11.3. The number of non-ortho nitro benzene ring substituents is 1. The Balaban J connectivity index is 0.000000917. The van der Waals surface area contributed by atoms with Crippen LogP contribution < -0.4 is 22.8 Å². The minimum Gasteiger partial charge on any atom is -0.412 e.